The zero-order valence-corrected chi connectivity index (χ0v) is 14.0. The number of aromatic nitrogens is 4. The molecule has 128 valence electrons. The molecule has 7 heteroatoms. The minimum Gasteiger partial charge on any atom is -0.310 e. The van der Waals surface area contributed by atoms with Gasteiger partial charge in [0.15, 0.2) is 5.65 Å². The molecule has 0 spiro atoms. The average molecular weight is 337 g/mol. The van der Waals surface area contributed by atoms with Gasteiger partial charge in [0.1, 0.15) is 11.2 Å². The van der Waals surface area contributed by atoms with Crippen LogP contribution in [-0.2, 0) is 6.42 Å². The van der Waals surface area contributed by atoms with E-state index in [-0.39, 0.29) is 17.5 Å². The third kappa shape index (κ3) is 2.75. The van der Waals surface area contributed by atoms with Crippen molar-refractivity contribution in [3.05, 3.63) is 57.1 Å². The summed E-state index contributed by atoms with van der Waals surface area (Å²) < 4.78 is 1.70. The maximum atomic E-state index is 12.4. The normalized spacial score (nSPS) is 20.2. The lowest BCUT2D eigenvalue weighted by Crippen LogP contribution is -2.19. The summed E-state index contributed by atoms with van der Waals surface area (Å²) in [5.74, 6) is 0.737. The van der Waals surface area contributed by atoms with Crippen LogP contribution in [0, 0.1) is 17.7 Å². The molecule has 1 aliphatic rings. The van der Waals surface area contributed by atoms with Crippen LogP contribution in [0.1, 0.15) is 30.7 Å². The van der Waals surface area contributed by atoms with Gasteiger partial charge in [-0.15, -0.1) is 0 Å². The van der Waals surface area contributed by atoms with E-state index in [1.54, 1.807) is 10.9 Å². The van der Waals surface area contributed by atoms with Crippen LogP contribution in [0.3, 0.4) is 0 Å². The molecule has 2 atom stereocenters. The molecule has 0 aliphatic heterocycles. The predicted octanol–water partition coefficient (Wildman–Crippen LogP) is 2.89. The first-order valence-electron chi connectivity index (χ1n) is 8.53. The van der Waals surface area contributed by atoms with Gasteiger partial charge < -0.3 is 4.98 Å². The van der Waals surface area contributed by atoms with Gasteiger partial charge in [-0.25, -0.2) is 9.67 Å². The topological polar surface area (TPSA) is 93.0 Å². The molecule has 0 radical (unpaired) electrons. The Morgan fingerprint density at radius 1 is 1.32 bits per heavy atom. The summed E-state index contributed by atoms with van der Waals surface area (Å²) in [6.07, 6.45) is 4.86. The van der Waals surface area contributed by atoms with Crippen molar-refractivity contribution in [2.24, 2.45) is 11.1 Å². The van der Waals surface area contributed by atoms with E-state index in [0.29, 0.717) is 23.3 Å². The van der Waals surface area contributed by atoms with Crippen molar-refractivity contribution < 1.29 is 0 Å². The SMILES string of the molecule is Cc1ccccc1-n1ncc2c(=O)[nH]c(C[C@H]3CCC[C@H]3N=O)nc21. The largest absolute Gasteiger partial charge is 0.310 e. The first-order valence-corrected chi connectivity index (χ1v) is 8.53. The smallest absolute Gasteiger partial charge is 0.262 e. The van der Waals surface area contributed by atoms with E-state index in [9.17, 15) is 9.70 Å². The summed E-state index contributed by atoms with van der Waals surface area (Å²) in [7, 11) is 0. The van der Waals surface area contributed by atoms with Crippen LogP contribution < -0.4 is 5.56 Å². The second-order valence-corrected chi connectivity index (χ2v) is 6.66. The zero-order valence-electron chi connectivity index (χ0n) is 14.0. The van der Waals surface area contributed by atoms with E-state index in [2.05, 4.69) is 20.2 Å². The Morgan fingerprint density at radius 2 is 2.16 bits per heavy atom. The van der Waals surface area contributed by atoms with E-state index >= 15 is 0 Å². The second kappa shape index (κ2) is 6.23. The molecule has 1 aliphatic carbocycles. The van der Waals surface area contributed by atoms with Crippen LogP contribution in [0.25, 0.3) is 16.7 Å². The van der Waals surface area contributed by atoms with E-state index < -0.39 is 0 Å². The highest BCUT2D eigenvalue weighted by Gasteiger charge is 2.29. The monoisotopic (exact) mass is 337 g/mol. The highest BCUT2D eigenvalue weighted by atomic mass is 16.3. The summed E-state index contributed by atoms with van der Waals surface area (Å²) in [4.78, 5) is 30.9. The Labute approximate surface area is 144 Å². The average Bonchev–Trinajstić information content (AvgIpc) is 3.22. The van der Waals surface area contributed by atoms with Crippen LogP contribution in [0.4, 0.5) is 0 Å². The molecule has 0 saturated heterocycles. The molecule has 25 heavy (non-hydrogen) atoms. The lowest BCUT2D eigenvalue weighted by atomic mass is 10.00. The van der Waals surface area contributed by atoms with Crippen LogP contribution in [0.2, 0.25) is 0 Å². The van der Waals surface area contributed by atoms with Crippen LogP contribution in [0.5, 0.6) is 0 Å². The number of nitrogens with zero attached hydrogens (tertiary/aromatic N) is 4. The van der Waals surface area contributed by atoms with E-state index in [4.69, 9.17) is 0 Å². The quantitative estimate of drug-likeness (QED) is 0.741. The summed E-state index contributed by atoms with van der Waals surface area (Å²) in [5.41, 5.74) is 2.29. The summed E-state index contributed by atoms with van der Waals surface area (Å²) in [6, 6.07) is 7.66. The van der Waals surface area contributed by atoms with Gasteiger partial charge in [-0.1, -0.05) is 29.8 Å². The third-order valence-corrected chi connectivity index (χ3v) is 5.04. The Kier molecular flexibility index (Phi) is 3.91. The number of aromatic amines is 1. The van der Waals surface area contributed by atoms with Gasteiger partial charge in [-0.05, 0) is 37.3 Å². The van der Waals surface area contributed by atoms with Crippen LogP contribution in [0.15, 0.2) is 40.4 Å². The fraction of sp³-hybridized carbons (Fsp3) is 0.389. The van der Waals surface area contributed by atoms with Gasteiger partial charge in [-0.2, -0.15) is 10.0 Å². The number of nitrogens with one attached hydrogen (secondary N) is 1. The molecule has 4 rings (SSSR count). The number of nitroso groups, excluding NO2 is 1. The molecule has 2 heterocycles. The molecule has 0 amide bonds. The molecule has 0 bridgehead atoms. The van der Waals surface area contributed by atoms with Crippen molar-refractivity contribution in [3.8, 4) is 5.69 Å². The van der Waals surface area contributed by atoms with Crippen molar-refractivity contribution in [1.82, 2.24) is 19.7 Å². The molecule has 1 fully saturated rings. The molecule has 1 N–H and O–H groups in total. The molecule has 0 unspecified atom stereocenters. The van der Waals surface area contributed by atoms with Crippen LogP contribution in [-0.4, -0.2) is 25.8 Å². The first kappa shape index (κ1) is 15.7. The predicted molar refractivity (Wildman–Crippen MR) is 94.9 cm³/mol. The number of hydrogen-bond acceptors (Lipinski definition) is 5. The van der Waals surface area contributed by atoms with Gasteiger partial charge in [0.25, 0.3) is 5.56 Å². The van der Waals surface area contributed by atoms with Crippen molar-refractivity contribution >= 4 is 11.0 Å². The van der Waals surface area contributed by atoms with Gasteiger partial charge in [0.2, 0.25) is 0 Å². The summed E-state index contributed by atoms with van der Waals surface area (Å²) in [5, 5.41) is 8.05. The Bertz CT molecular complexity index is 991. The maximum Gasteiger partial charge on any atom is 0.262 e. The molecule has 7 nitrogen and oxygen atoms in total. The number of fused-ring (bicyclic) bond motifs is 1. The van der Waals surface area contributed by atoms with Gasteiger partial charge in [0, 0.05) is 6.42 Å². The second-order valence-electron chi connectivity index (χ2n) is 6.66. The molecule has 1 aromatic carbocycles. The van der Waals surface area contributed by atoms with Gasteiger partial charge in [0.05, 0.1) is 17.9 Å². The highest BCUT2D eigenvalue weighted by Crippen LogP contribution is 2.30. The minimum atomic E-state index is -0.201. The number of para-hydroxylation sites is 1. The van der Waals surface area contributed by atoms with E-state index in [0.717, 1.165) is 30.5 Å². The number of benzene rings is 1. The standard InChI is InChI=1S/C18H19N5O2/c1-11-5-2-3-8-15(11)23-17-13(10-19-23)18(24)21-16(20-17)9-12-6-4-7-14(12)22-25/h2-3,5,8,10,12,14H,4,6-7,9H2,1H3,(H,20,21,24)/t12-,14-/m1/s1. The Balaban J connectivity index is 1.78. The number of rotatable bonds is 4. The number of aryl methyl sites for hydroxylation is 1. The maximum absolute atomic E-state index is 12.4. The van der Waals surface area contributed by atoms with Crippen molar-refractivity contribution in [3.63, 3.8) is 0 Å². The molecular weight excluding hydrogens is 318 g/mol. The lowest BCUT2D eigenvalue weighted by molar-refractivity contribution is 0.467. The molecule has 3 aromatic rings. The summed E-state index contributed by atoms with van der Waals surface area (Å²) in [6.45, 7) is 2.00. The van der Waals surface area contributed by atoms with Crippen molar-refractivity contribution in [1.29, 1.82) is 0 Å². The Hall–Kier alpha value is -2.83. The van der Waals surface area contributed by atoms with Crippen molar-refractivity contribution in [2.45, 2.75) is 38.6 Å². The van der Waals surface area contributed by atoms with E-state index in [1.807, 2.05) is 31.2 Å². The van der Waals surface area contributed by atoms with E-state index in [1.165, 1.54) is 0 Å². The first-order chi connectivity index (χ1) is 12.2. The fourth-order valence-electron chi connectivity index (χ4n) is 3.68. The lowest BCUT2D eigenvalue weighted by Gasteiger charge is -2.12. The highest BCUT2D eigenvalue weighted by molar-refractivity contribution is 5.75. The summed E-state index contributed by atoms with van der Waals surface area (Å²) >= 11 is 0. The van der Waals surface area contributed by atoms with Crippen LogP contribution >= 0.6 is 0 Å². The fourth-order valence-corrected chi connectivity index (χ4v) is 3.68. The molecule has 2 aromatic heterocycles. The van der Waals surface area contributed by atoms with Gasteiger partial charge >= 0.3 is 0 Å². The number of hydrogen-bond donors (Lipinski definition) is 1. The zero-order chi connectivity index (χ0) is 17.4. The number of H-pyrrole nitrogens is 1. The Morgan fingerprint density at radius 3 is 2.96 bits per heavy atom. The third-order valence-electron chi connectivity index (χ3n) is 5.04. The van der Waals surface area contributed by atoms with Crippen molar-refractivity contribution in [2.75, 3.05) is 0 Å². The van der Waals surface area contributed by atoms with Gasteiger partial charge in [-0.3, -0.25) is 4.79 Å². The molecular formula is C18H19N5O2. The molecule has 1 saturated carbocycles. The minimum absolute atomic E-state index is 0.146.